The van der Waals surface area contributed by atoms with Gasteiger partial charge < -0.3 is 9.63 Å². The zero-order valence-electron chi connectivity index (χ0n) is 11.7. The van der Waals surface area contributed by atoms with Gasteiger partial charge in [0.25, 0.3) is 0 Å². The van der Waals surface area contributed by atoms with E-state index >= 15 is 0 Å². The highest BCUT2D eigenvalue weighted by molar-refractivity contribution is 6.25. The molecule has 2 amide bonds. The van der Waals surface area contributed by atoms with Crippen molar-refractivity contribution in [2.75, 3.05) is 11.4 Å². The molecule has 1 aliphatic heterocycles. The molecular weight excluding hydrogens is 282 g/mol. The van der Waals surface area contributed by atoms with Crippen molar-refractivity contribution >= 4 is 23.4 Å². The number of halogens is 1. The van der Waals surface area contributed by atoms with Crippen LogP contribution in [0.1, 0.15) is 26.5 Å². The molecule has 1 fully saturated rings. The first kappa shape index (κ1) is 14.9. The molecule has 20 heavy (non-hydrogen) atoms. The number of hydrogen-bond donors (Lipinski definition) is 1. The lowest BCUT2D eigenvalue weighted by molar-refractivity contribution is 0.0650. The minimum Gasteiger partial charge on any atom is -0.370 e. The van der Waals surface area contributed by atoms with Gasteiger partial charge in [-0.15, -0.1) is 6.58 Å². The van der Waals surface area contributed by atoms with Crippen LogP contribution in [-0.2, 0) is 5.41 Å². The zero-order chi connectivity index (χ0) is 15.1. The van der Waals surface area contributed by atoms with Crippen molar-refractivity contribution in [2.24, 2.45) is 0 Å². The van der Waals surface area contributed by atoms with Crippen LogP contribution in [0.3, 0.4) is 0 Å². The molecule has 2 atom stereocenters. The Morgan fingerprint density at radius 3 is 2.75 bits per heavy atom. The minimum absolute atomic E-state index is 0.212. The van der Waals surface area contributed by atoms with Gasteiger partial charge in [0.05, 0.1) is 0 Å². The van der Waals surface area contributed by atoms with E-state index in [1.807, 2.05) is 20.8 Å². The summed E-state index contributed by atoms with van der Waals surface area (Å²) in [7, 11) is 0. The Bertz CT molecular complexity index is 523. The molecule has 0 bridgehead atoms. The molecule has 0 radical (unpaired) electrons. The molecule has 2 rings (SSSR count). The van der Waals surface area contributed by atoms with Gasteiger partial charge in [-0.2, -0.15) is 0 Å². The first-order chi connectivity index (χ1) is 9.27. The van der Waals surface area contributed by atoms with Crippen LogP contribution in [-0.4, -0.2) is 39.5 Å². The molecule has 2 unspecified atom stereocenters. The number of carbonyl (C=O) groups is 1. The van der Waals surface area contributed by atoms with E-state index < -0.39 is 17.8 Å². The molecule has 110 valence electrons. The van der Waals surface area contributed by atoms with Crippen LogP contribution in [0, 0.1) is 0 Å². The van der Waals surface area contributed by atoms with Gasteiger partial charge in [-0.1, -0.05) is 43.6 Å². The summed E-state index contributed by atoms with van der Waals surface area (Å²) in [5.74, 6) is 0.936. The van der Waals surface area contributed by atoms with E-state index in [1.165, 1.54) is 15.9 Å². The molecule has 1 saturated heterocycles. The number of carbonyl (C=O) groups excluding carboxylic acids is 1. The van der Waals surface area contributed by atoms with E-state index in [-0.39, 0.29) is 12.0 Å². The van der Waals surface area contributed by atoms with Gasteiger partial charge >= 0.3 is 6.03 Å². The van der Waals surface area contributed by atoms with Crippen LogP contribution >= 0.6 is 11.6 Å². The average molecular weight is 300 g/mol. The number of anilines is 1. The Hall–Kier alpha value is -1.53. The highest BCUT2D eigenvalue weighted by Crippen LogP contribution is 2.32. The van der Waals surface area contributed by atoms with Gasteiger partial charge in [0.2, 0.25) is 0 Å². The van der Waals surface area contributed by atoms with E-state index in [9.17, 15) is 9.90 Å². The average Bonchev–Trinajstić information content (AvgIpc) is 2.90. The molecule has 1 aromatic rings. The number of alkyl halides is 1. The summed E-state index contributed by atoms with van der Waals surface area (Å²) in [6.07, 6.45) is 0.411. The topological polar surface area (TPSA) is 69.8 Å². The number of aliphatic hydroxyl groups excluding tert-OH is 1. The molecule has 0 aromatic carbocycles. The normalized spacial score (nSPS) is 23.6. The summed E-state index contributed by atoms with van der Waals surface area (Å²) in [5, 5.41) is 13.9. The van der Waals surface area contributed by atoms with Gasteiger partial charge in [0.1, 0.15) is 5.76 Å². The third-order valence-electron chi connectivity index (χ3n) is 3.07. The number of aromatic nitrogens is 1. The maximum absolute atomic E-state index is 12.3. The Morgan fingerprint density at radius 2 is 2.25 bits per heavy atom. The lowest BCUT2D eigenvalue weighted by Crippen LogP contribution is -2.35. The van der Waals surface area contributed by atoms with Crippen molar-refractivity contribution in [1.29, 1.82) is 0 Å². The third kappa shape index (κ3) is 2.41. The van der Waals surface area contributed by atoms with Crippen molar-refractivity contribution in [2.45, 2.75) is 37.9 Å². The van der Waals surface area contributed by atoms with E-state index in [2.05, 4.69) is 11.7 Å². The SMILES string of the molecule is C=CCN1C(=O)N(c2cc(C(C)(C)C)on2)C(Cl)C1O. The molecule has 6 nitrogen and oxygen atoms in total. The van der Waals surface area contributed by atoms with Crippen molar-refractivity contribution < 1.29 is 14.4 Å². The molecule has 1 N–H and O–H groups in total. The number of hydrogen-bond acceptors (Lipinski definition) is 4. The largest absolute Gasteiger partial charge is 0.370 e. The van der Waals surface area contributed by atoms with Crippen LogP contribution in [0.4, 0.5) is 10.6 Å². The number of nitrogens with zero attached hydrogens (tertiary/aromatic N) is 3. The summed E-state index contributed by atoms with van der Waals surface area (Å²) in [6.45, 7) is 9.68. The van der Waals surface area contributed by atoms with Crippen LogP contribution in [0.5, 0.6) is 0 Å². The van der Waals surface area contributed by atoms with Crippen LogP contribution in [0.15, 0.2) is 23.2 Å². The lowest BCUT2D eigenvalue weighted by atomic mass is 9.93. The van der Waals surface area contributed by atoms with Gasteiger partial charge in [0, 0.05) is 18.0 Å². The highest BCUT2D eigenvalue weighted by Gasteiger charge is 2.45. The fraction of sp³-hybridized carbons (Fsp3) is 0.538. The van der Waals surface area contributed by atoms with Gasteiger partial charge in [-0.05, 0) is 0 Å². The standard InChI is InChI=1S/C13H18ClN3O3/c1-5-6-16-11(18)10(14)17(12(16)19)9-7-8(20-15-9)13(2,3)4/h5,7,10-11,18H,1,6H2,2-4H3. The molecule has 1 aromatic heterocycles. The quantitative estimate of drug-likeness (QED) is 0.528. The molecule has 2 heterocycles. The van der Waals surface area contributed by atoms with Crippen LogP contribution in [0.25, 0.3) is 0 Å². The number of amides is 2. The Balaban J connectivity index is 2.31. The monoisotopic (exact) mass is 299 g/mol. The van der Waals surface area contributed by atoms with E-state index in [4.69, 9.17) is 16.1 Å². The number of aliphatic hydroxyl groups is 1. The number of rotatable bonds is 3. The van der Waals surface area contributed by atoms with E-state index in [0.717, 1.165) is 0 Å². The maximum Gasteiger partial charge on any atom is 0.329 e. The second-order valence-corrected chi connectivity index (χ2v) is 6.13. The van der Waals surface area contributed by atoms with Crippen molar-refractivity contribution in [3.8, 4) is 0 Å². The molecule has 1 aliphatic rings. The highest BCUT2D eigenvalue weighted by atomic mass is 35.5. The minimum atomic E-state index is -1.11. The van der Waals surface area contributed by atoms with E-state index in [0.29, 0.717) is 11.6 Å². The third-order valence-corrected chi connectivity index (χ3v) is 3.49. The summed E-state index contributed by atoms with van der Waals surface area (Å²) >= 11 is 6.11. The van der Waals surface area contributed by atoms with Crippen LogP contribution in [0.2, 0.25) is 0 Å². The summed E-state index contributed by atoms with van der Waals surface area (Å²) < 4.78 is 5.25. The molecule has 0 saturated carbocycles. The second kappa shape index (κ2) is 5.10. The predicted molar refractivity (Wildman–Crippen MR) is 75.6 cm³/mol. The summed E-state index contributed by atoms with van der Waals surface area (Å²) in [4.78, 5) is 14.7. The maximum atomic E-state index is 12.3. The molecule has 0 aliphatic carbocycles. The lowest BCUT2D eigenvalue weighted by Gasteiger charge is -2.16. The van der Waals surface area contributed by atoms with Gasteiger partial charge in [0.15, 0.2) is 17.5 Å². The Kier molecular flexibility index (Phi) is 3.80. The molecule has 7 heteroatoms. The summed E-state index contributed by atoms with van der Waals surface area (Å²) in [5.41, 5.74) is -1.14. The zero-order valence-corrected chi connectivity index (χ0v) is 12.5. The Labute approximate surface area is 122 Å². The molecule has 0 spiro atoms. The van der Waals surface area contributed by atoms with Crippen molar-refractivity contribution in [3.05, 3.63) is 24.5 Å². The fourth-order valence-electron chi connectivity index (χ4n) is 1.92. The smallest absolute Gasteiger partial charge is 0.329 e. The first-order valence-electron chi connectivity index (χ1n) is 6.27. The second-order valence-electron chi connectivity index (χ2n) is 5.68. The van der Waals surface area contributed by atoms with Gasteiger partial charge in [-0.3, -0.25) is 9.80 Å². The van der Waals surface area contributed by atoms with Crippen LogP contribution < -0.4 is 4.90 Å². The number of urea groups is 1. The molecular formula is C13H18ClN3O3. The van der Waals surface area contributed by atoms with Crippen molar-refractivity contribution in [1.82, 2.24) is 10.1 Å². The van der Waals surface area contributed by atoms with Gasteiger partial charge in [-0.25, -0.2) is 4.79 Å². The predicted octanol–water partition coefficient (Wildman–Crippen LogP) is 2.28. The van der Waals surface area contributed by atoms with E-state index in [1.54, 1.807) is 6.07 Å². The first-order valence-corrected chi connectivity index (χ1v) is 6.71. The Morgan fingerprint density at radius 1 is 1.60 bits per heavy atom. The fourth-order valence-corrected chi connectivity index (χ4v) is 2.24. The van der Waals surface area contributed by atoms with Crippen molar-refractivity contribution in [3.63, 3.8) is 0 Å². The summed E-state index contributed by atoms with van der Waals surface area (Å²) in [6, 6.07) is 1.24.